The van der Waals surface area contributed by atoms with Gasteiger partial charge in [0.25, 0.3) is 0 Å². The molecule has 1 aromatic heterocycles. The van der Waals surface area contributed by atoms with Gasteiger partial charge in [-0.2, -0.15) is 0 Å². The molecule has 0 radical (unpaired) electrons. The molecule has 0 bridgehead atoms. The summed E-state index contributed by atoms with van der Waals surface area (Å²) in [6, 6.07) is 10.4. The Bertz CT molecular complexity index is 539. The van der Waals surface area contributed by atoms with Gasteiger partial charge in [-0.1, -0.05) is 28.9 Å². The van der Waals surface area contributed by atoms with Crippen LogP contribution in [0.25, 0.3) is 0 Å². The number of ether oxygens (including phenoxy) is 1. The average molecular weight is 340 g/mol. The van der Waals surface area contributed by atoms with E-state index in [0.717, 1.165) is 28.9 Å². The van der Waals surface area contributed by atoms with Crippen molar-refractivity contribution < 1.29 is 4.74 Å². The van der Waals surface area contributed by atoms with E-state index in [1.54, 1.807) is 11.3 Å². The second kappa shape index (κ2) is 7.08. The molecule has 1 N–H and O–H groups in total. The van der Waals surface area contributed by atoms with Crippen molar-refractivity contribution in [3.8, 4) is 5.75 Å². The van der Waals surface area contributed by atoms with Gasteiger partial charge < -0.3 is 10.1 Å². The molecule has 2 rings (SSSR count). The van der Waals surface area contributed by atoms with Crippen LogP contribution in [-0.4, -0.2) is 6.54 Å². The third-order valence-corrected chi connectivity index (χ3v) is 4.34. The van der Waals surface area contributed by atoms with E-state index >= 15 is 0 Å². The second-order valence-corrected chi connectivity index (χ2v) is 6.52. The van der Waals surface area contributed by atoms with E-state index in [1.807, 2.05) is 12.1 Å². The summed E-state index contributed by atoms with van der Waals surface area (Å²) in [5, 5.41) is 3.33. The lowest BCUT2D eigenvalue weighted by Gasteiger charge is -2.08. The molecule has 0 amide bonds. The predicted octanol–water partition coefficient (Wildman–Crippen LogP) is 4.51. The van der Waals surface area contributed by atoms with E-state index in [1.165, 1.54) is 9.75 Å². The molecule has 19 heavy (non-hydrogen) atoms. The van der Waals surface area contributed by atoms with E-state index in [4.69, 9.17) is 4.74 Å². The van der Waals surface area contributed by atoms with Crippen LogP contribution in [0.3, 0.4) is 0 Å². The normalized spacial score (nSPS) is 10.7. The van der Waals surface area contributed by atoms with Crippen molar-refractivity contribution in [1.29, 1.82) is 0 Å². The molecule has 0 aliphatic carbocycles. The lowest BCUT2D eigenvalue weighted by molar-refractivity contribution is 0.307. The lowest BCUT2D eigenvalue weighted by atomic mass is 10.2. The Balaban J connectivity index is 1.94. The maximum atomic E-state index is 5.88. The van der Waals surface area contributed by atoms with E-state index < -0.39 is 0 Å². The minimum absolute atomic E-state index is 0.633. The number of hydrogen-bond donors (Lipinski definition) is 1. The molecule has 0 saturated carbocycles. The van der Waals surface area contributed by atoms with Crippen molar-refractivity contribution in [3.05, 3.63) is 50.1 Å². The van der Waals surface area contributed by atoms with Gasteiger partial charge in [0.05, 0.1) is 0 Å². The highest BCUT2D eigenvalue weighted by Gasteiger charge is 2.04. The number of benzene rings is 1. The van der Waals surface area contributed by atoms with Gasteiger partial charge in [0, 0.05) is 20.8 Å². The zero-order valence-electron chi connectivity index (χ0n) is 11.2. The number of nitrogens with one attached hydrogen (secondary N) is 1. The summed E-state index contributed by atoms with van der Waals surface area (Å²) < 4.78 is 6.93. The van der Waals surface area contributed by atoms with Gasteiger partial charge >= 0.3 is 0 Å². The fourth-order valence-electron chi connectivity index (χ4n) is 1.72. The number of rotatable bonds is 6. The highest BCUT2D eigenvalue weighted by Crippen LogP contribution is 2.25. The van der Waals surface area contributed by atoms with Crippen molar-refractivity contribution >= 4 is 27.3 Å². The molecule has 0 spiro atoms. The monoisotopic (exact) mass is 339 g/mol. The molecule has 0 unspecified atom stereocenters. The van der Waals surface area contributed by atoms with Crippen LogP contribution in [0.4, 0.5) is 0 Å². The smallest absolute Gasteiger partial charge is 0.123 e. The molecule has 2 aromatic rings. The summed E-state index contributed by atoms with van der Waals surface area (Å²) in [7, 11) is 0. The fourth-order valence-corrected chi connectivity index (χ4v) is 2.96. The minimum atomic E-state index is 0.633. The van der Waals surface area contributed by atoms with Gasteiger partial charge in [-0.15, -0.1) is 11.3 Å². The Hall–Kier alpha value is -0.840. The first-order valence-electron chi connectivity index (χ1n) is 6.36. The van der Waals surface area contributed by atoms with Crippen LogP contribution in [0.2, 0.25) is 0 Å². The van der Waals surface area contributed by atoms with Gasteiger partial charge in [-0.25, -0.2) is 0 Å². The molecule has 0 aliphatic heterocycles. The SMILES string of the molecule is CCNCc1ccc(COc2cc(Br)ccc2C)s1. The largest absolute Gasteiger partial charge is 0.488 e. The van der Waals surface area contributed by atoms with Crippen molar-refractivity contribution in [3.63, 3.8) is 0 Å². The molecule has 0 saturated heterocycles. The number of hydrogen-bond acceptors (Lipinski definition) is 3. The Morgan fingerprint density at radius 2 is 2.00 bits per heavy atom. The average Bonchev–Trinajstić information content (AvgIpc) is 2.85. The zero-order chi connectivity index (χ0) is 13.7. The Kier molecular flexibility index (Phi) is 5.43. The van der Waals surface area contributed by atoms with Crippen LogP contribution in [0.1, 0.15) is 22.2 Å². The third-order valence-electron chi connectivity index (χ3n) is 2.79. The lowest BCUT2D eigenvalue weighted by Crippen LogP contribution is -2.10. The van der Waals surface area contributed by atoms with E-state index in [9.17, 15) is 0 Å². The summed E-state index contributed by atoms with van der Waals surface area (Å²) in [6.07, 6.45) is 0. The summed E-state index contributed by atoms with van der Waals surface area (Å²) in [6.45, 7) is 6.76. The van der Waals surface area contributed by atoms with Gasteiger partial charge in [0.15, 0.2) is 0 Å². The molecule has 0 atom stereocenters. The molecular formula is C15H18BrNOS. The topological polar surface area (TPSA) is 21.3 Å². The predicted molar refractivity (Wildman–Crippen MR) is 84.9 cm³/mol. The Morgan fingerprint density at radius 1 is 1.21 bits per heavy atom. The molecule has 0 fully saturated rings. The van der Waals surface area contributed by atoms with Crippen molar-refractivity contribution in [2.45, 2.75) is 27.0 Å². The summed E-state index contributed by atoms with van der Waals surface area (Å²) in [5.74, 6) is 0.941. The summed E-state index contributed by atoms with van der Waals surface area (Å²) >= 11 is 5.27. The molecule has 0 aliphatic rings. The van der Waals surface area contributed by atoms with Crippen LogP contribution < -0.4 is 10.1 Å². The zero-order valence-corrected chi connectivity index (χ0v) is 13.6. The standard InChI is InChI=1S/C15H18BrNOS/c1-3-17-9-13-6-7-14(19-13)10-18-15-8-12(16)5-4-11(15)2/h4-8,17H,3,9-10H2,1-2H3. The highest BCUT2D eigenvalue weighted by atomic mass is 79.9. The minimum Gasteiger partial charge on any atom is -0.488 e. The number of thiophene rings is 1. The molecule has 4 heteroatoms. The van der Waals surface area contributed by atoms with E-state index in [0.29, 0.717) is 6.61 Å². The molecular weight excluding hydrogens is 322 g/mol. The van der Waals surface area contributed by atoms with Crippen molar-refractivity contribution in [2.24, 2.45) is 0 Å². The number of aryl methyl sites for hydroxylation is 1. The molecule has 102 valence electrons. The van der Waals surface area contributed by atoms with Crippen LogP contribution in [0, 0.1) is 6.92 Å². The Labute approximate surface area is 126 Å². The highest BCUT2D eigenvalue weighted by molar-refractivity contribution is 9.10. The number of halogens is 1. The molecule has 1 aromatic carbocycles. The maximum absolute atomic E-state index is 5.88. The van der Waals surface area contributed by atoms with E-state index in [-0.39, 0.29) is 0 Å². The quantitative estimate of drug-likeness (QED) is 0.836. The van der Waals surface area contributed by atoms with Gasteiger partial charge in [-0.05, 0) is 43.3 Å². The van der Waals surface area contributed by atoms with Crippen LogP contribution in [0.15, 0.2) is 34.8 Å². The summed E-state index contributed by atoms with van der Waals surface area (Å²) in [5.41, 5.74) is 1.16. The summed E-state index contributed by atoms with van der Waals surface area (Å²) in [4.78, 5) is 2.61. The fraction of sp³-hybridized carbons (Fsp3) is 0.333. The van der Waals surface area contributed by atoms with Crippen molar-refractivity contribution in [2.75, 3.05) is 6.54 Å². The van der Waals surface area contributed by atoms with Gasteiger partial charge in [-0.3, -0.25) is 0 Å². The van der Waals surface area contributed by atoms with Crippen molar-refractivity contribution in [1.82, 2.24) is 5.32 Å². The Morgan fingerprint density at radius 3 is 2.79 bits per heavy atom. The molecule has 2 nitrogen and oxygen atoms in total. The van der Waals surface area contributed by atoms with Crippen LogP contribution >= 0.6 is 27.3 Å². The third kappa shape index (κ3) is 4.34. The van der Waals surface area contributed by atoms with Crippen LogP contribution in [-0.2, 0) is 13.2 Å². The van der Waals surface area contributed by atoms with Crippen LogP contribution in [0.5, 0.6) is 5.75 Å². The maximum Gasteiger partial charge on any atom is 0.123 e. The van der Waals surface area contributed by atoms with E-state index in [2.05, 4.69) is 53.3 Å². The van der Waals surface area contributed by atoms with Gasteiger partial charge in [0.1, 0.15) is 12.4 Å². The second-order valence-electron chi connectivity index (χ2n) is 4.35. The first-order chi connectivity index (χ1) is 9.19. The first-order valence-corrected chi connectivity index (χ1v) is 7.97. The van der Waals surface area contributed by atoms with Gasteiger partial charge in [0.2, 0.25) is 0 Å². The molecule has 1 heterocycles. The first kappa shape index (κ1) is 14.6.